The highest BCUT2D eigenvalue weighted by molar-refractivity contribution is 6.12. The molecule has 0 N–H and O–H groups in total. The highest BCUT2D eigenvalue weighted by Crippen LogP contribution is 2.50. The van der Waals surface area contributed by atoms with Crippen LogP contribution in [0.3, 0.4) is 0 Å². The summed E-state index contributed by atoms with van der Waals surface area (Å²) < 4.78 is 12.8. The van der Waals surface area contributed by atoms with Crippen molar-refractivity contribution in [2.75, 3.05) is 6.79 Å². The van der Waals surface area contributed by atoms with Gasteiger partial charge in [0, 0.05) is 47.0 Å². The second-order valence-corrected chi connectivity index (χ2v) is 9.43. The lowest BCUT2D eigenvalue weighted by Crippen LogP contribution is -2.05. The Morgan fingerprint density at radius 3 is 1.49 bits per heavy atom. The SMILES string of the molecule is C(=C/c1cc2ccccc2c2c1OCOc1c(/C=C\c3cccnc3)cc3ccccc3c1-2)/c1cccnc1. The molecule has 0 spiro atoms. The molecule has 39 heavy (non-hydrogen) atoms. The molecule has 0 fully saturated rings. The van der Waals surface area contributed by atoms with E-state index in [0.29, 0.717) is 0 Å². The monoisotopic (exact) mass is 504 g/mol. The third-order valence-electron chi connectivity index (χ3n) is 7.00. The van der Waals surface area contributed by atoms with Crippen molar-refractivity contribution in [3.63, 3.8) is 0 Å². The van der Waals surface area contributed by atoms with E-state index < -0.39 is 0 Å². The summed E-state index contributed by atoms with van der Waals surface area (Å²) in [5, 5.41) is 4.52. The topological polar surface area (TPSA) is 44.2 Å². The number of hydrogen-bond acceptors (Lipinski definition) is 4. The lowest BCUT2D eigenvalue weighted by Gasteiger charge is -2.17. The molecule has 6 aromatic rings. The molecule has 1 aliphatic heterocycles. The van der Waals surface area contributed by atoms with Crippen molar-refractivity contribution in [2.24, 2.45) is 0 Å². The van der Waals surface area contributed by atoms with Gasteiger partial charge in [-0.15, -0.1) is 0 Å². The van der Waals surface area contributed by atoms with Gasteiger partial charge in [-0.25, -0.2) is 0 Å². The number of ether oxygens (including phenoxy) is 2. The normalized spacial score (nSPS) is 12.7. The molecule has 0 amide bonds. The molecule has 0 saturated carbocycles. The fourth-order valence-electron chi connectivity index (χ4n) is 5.22. The Morgan fingerprint density at radius 2 is 1.03 bits per heavy atom. The number of pyridine rings is 2. The largest absolute Gasteiger partial charge is 0.456 e. The second-order valence-electron chi connectivity index (χ2n) is 9.43. The minimum absolute atomic E-state index is 0.109. The lowest BCUT2D eigenvalue weighted by molar-refractivity contribution is 0.124. The zero-order valence-electron chi connectivity index (χ0n) is 21.1. The van der Waals surface area contributed by atoms with Crippen LogP contribution in [0.4, 0.5) is 0 Å². The maximum absolute atomic E-state index is 6.40. The van der Waals surface area contributed by atoms with E-state index in [1.807, 2.05) is 36.7 Å². The van der Waals surface area contributed by atoms with Crippen LogP contribution >= 0.6 is 0 Å². The van der Waals surface area contributed by atoms with Gasteiger partial charge in [-0.1, -0.05) is 85.0 Å². The number of nitrogens with zero attached hydrogens (tertiary/aromatic N) is 2. The van der Waals surface area contributed by atoms with E-state index in [1.165, 1.54) is 0 Å². The van der Waals surface area contributed by atoms with Gasteiger partial charge in [-0.3, -0.25) is 9.97 Å². The second kappa shape index (κ2) is 9.92. The predicted molar refractivity (Wildman–Crippen MR) is 159 cm³/mol. The van der Waals surface area contributed by atoms with Crippen LogP contribution in [0.2, 0.25) is 0 Å². The van der Waals surface area contributed by atoms with Gasteiger partial charge in [-0.2, -0.15) is 0 Å². The standard InChI is InChI=1S/C35H24N2O2/c1-3-11-30-26(9-1)19-28(15-13-24-7-5-17-36-21-24)34-32(30)33-31-12-4-2-10-27(31)20-29(35(33)39-23-38-34)16-14-25-8-6-18-37-22-25/h1-22H,23H2/b15-13-,16-14-. The predicted octanol–water partition coefficient (Wildman–Crippen LogP) is 8.52. The summed E-state index contributed by atoms with van der Waals surface area (Å²) in [6, 6.07) is 29.2. The van der Waals surface area contributed by atoms with Crippen molar-refractivity contribution in [2.45, 2.75) is 0 Å². The van der Waals surface area contributed by atoms with Gasteiger partial charge in [0.05, 0.1) is 0 Å². The summed E-state index contributed by atoms with van der Waals surface area (Å²) >= 11 is 0. The molecule has 0 aliphatic carbocycles. The number of aromatic nitrogens is 2. The first-order valence-corrected chi connectivity index (χ1v) is 12.9. The van der Waals surface area contributed by atoms with Crippen molar-refractivity contribution in [1.82, 2.24) is 9.97 Å². The minimum atomic E-state index is 0.109. The summed E-state index contributed by atoms with van der Waals surface area (Å²) in [7, 11) is 0. The highest BCUT2D eigenvalue weighted by atomic mass is 16.7. The molecule has 4 heteroatoms. The average molecular weight is 505 g/mol. The fourth-order valence-corrected chi connectivity index (χ4v) is 5.22. The maximum atomic E-state index is 6.40. The van der Waals surface area contributed by atoms with Crippen molar-refractivity contribution >= 4 is 45.8 Å². The van der Waals surface area contributed by atoms with Crippen LogP contribution in [0.5, 0.6) is 11.5 Å². The first kappa shape index (κ1) is 22.9. The summed E-state index contributed by atoms with van der Waals surface area (Å²) in [6.45, 7) is 0.109. The summed E-state index contributed by atoms with van der Waals surface area (Å²) in [6.07, 6.45) is 15.6. The zero-order valence-corrected chi connectivity index (χ0v) is 21.1. The van der Waals surface area contributed by atoms with Gasteiger partial charge in [0.1, 0.15) is 11.5 Å². The van der Waals surface area contributed by atoms with Gasteiger partial charge in [0.2, 0.25) is 6.79 Å². The van der Waals surface area contributed by atoms with E-state index in [1.54, 1.807) is 12.4 Å². The van der Waals surface area contributed by atoms with Crippen molar-refractivity contribution < 1.29 is 9.47 Å². The van der Waals surface area contributed by atoms with Crippen LogP contribution in [0.1, 0.15) is 22.3 Å². The Hall–Kier alpha value is -5.22. The Bertz CT molecular complexity index is 1740. The van der Waals surface area contributed by atoms with Crippen LogP contribution in [0.25, 0.3) is 57.0 Å². The average Bonchev–Trinajstić information content (AvgIpc) is 3.21. The molecule has 3 heterocycles. The molecule has 186 valence electrons. The fraction of sp³-hybridized carbons (Fsp3) is 0.0286. The van der Waals surface area contributed by atoms with Gasteiger partial charge < -0.3 is 9.47 Å². The van der Waals surface area contributed by atoms with Crippen LogP contribution in [-0.2, 0) is 0 Å². The number of fused-ring (bicyclic) bond motifs is 7. The summed E-state index contributed by atoms with van der Waals surface area (Å²) in [5.41, 5.74) is 6.11. The lowest BCUT2D eigenvalue weighted by atomic mass is 9.88. The van der Waals surface area contributed by atoms with Gasteiger partial charge in [0.25, 0.3) is 0 Å². The molecule has 0 radical (unpaired) electrons. The Labute approximate surface area is 226 Å². The Morgan fingerprint density at radius 1 is 0.538 bits per heavy atom. The Kier molecular flexibility index (Phi) is 5.83. The van der Waals surface area contributed by atoms with Gasteiger partial charge >= 0.3 is 0 Å². The van der Waals surface area contributed by atoms with Crippen LogP contribution in [0.15, 0.2) is 110 Å². The molecule has 1 aliphatic rings. The van der Waals surface area contributed by atoms with Gasteiger partial charge in [-0.05, 0) is 56.9 Å². The molecule has 2 aromatic heterocycles. The molecule has 0 saturated heterocycles. The maximum Gasteiger partial charge on any atom is 0.231 e. The third kappa shape index (κ3) is 4.32. The molecule has 0 unspecified atom stereocenters. The number of benzene rings is 4. The Balaban J connectivity index is 1.52. The molecular weight excluding hydrogens is 480 g/mol. The number of rotatable bonds is 4. The van der Waals surface area contributed by atoms with E-state index in [9.17, 15) is 0 Å². The van der Waals surface area contributed by atoms with E-state index in [0.717, 1.165) is 66.4 Å². The molecule has 0 bridgehead atoms. The first-order valence-electron chi connectivity index (χ1n) is 12.9. The van der Waals surface area contributed by atoms with E-state index in [4.69, 9.17) is 9.47 Å². The number of hydrogen-bond donors (Lipinski definition) is 0. The molecule has 4 nitrogen and oxygen atoms in total. The summed E-state index contributed by atoms with van der Waals surface area (Å²) in [4.78, 5) is 8.50. The highest BCUT2D eigenvalue weighted by Gasteiger charge is 2.25. The van der Waals surface area contributed by atoms with E-state index >= 15 is 0 Å². The first-order chi connectivity index (χ1) is 19.3. The molecule has 7 rings (SSSR count). The quantitative estimate of drug-likeness (QED) is 0.241. The van der Waals surface area contributed by atoms with Gasteiger partial charge in [0.15, 0.2) is 0 Å². The zero-order chi connectivity index (χ0) is 26.0. The molecular formula is C35H24N2O2. The van der Waals surface area contributed by atoms with E-state index in [-0.39, 0.29) is 6.79 Å². The van der Waals surface area contributed by atoms with E-state index in [2.05, 4.69) is 94.9 Å². The van der Waals surface area contributed by atoms with Crippen LogP contribution < -0.4 is 9.47 Å². The molecule has 0 atom stereocenters. The van der Waals surface area contributed by atoms with Crippen LogP contribution in [0, 0.1) is 0 Å². The van der Waals surface area contributed by atoms with Crippen molar-refractivity contribution in [3.8, 4) is 22.6 Å². The van der Waals surface area contributed by atoms with Crippen molar-refractivity contribution in [3.05, 3.63) is 132 Å². The molecule has 4 aromatic carbocycles. The third-order valence-corrected chi connectivity index (χ3v) is 7.00. The smallest absolute Gasteiger partial charge is 0.231 e. The van der Waals surface area contributed by atoms with Crippen molar-refractivity contribution in [1.29, 1.82) is 0 Å². The van der Waals surface area contributed by atoms with Crippen LogP contribution in [-0.4, -0.2) is 16.8 Å². The summed E-state index contributed by atoms with van der Waals surface area (Å²) in [5.74, 6) is 1.62. The minimum Gasteiger partial charge on any atom is -0.456 e.